The monoisotopic (exact) mass is 264 g/mol. The van der Waals surface area contributed by atoms with Crippen molar-refractivity contribution in [3.8, 4) is 5.75 Å². The number of carbonyl (C=O) groups excluding carboxylic acids is 1. The summed E-state index contributed by atoms with van der Waals surface area (Å²) >= 11 is 0. The van der Waals surface area contributed by atoms with E-state index in [0.29, 0.717) is 6.54 Å². The lowest BCUT2D eigenvalue weighted by Gasteiger charge is -2.23. The van der Waals surface area contributed by atoms with E-state index in [4.69, 9.17) is 4.74 Å². The normalized spacial score (nSPS) is 12.1. The summed E-state index contributed by atoms with van der Waals surface area (Å²) < 4.78 is 5.23. The van der Waals surface area contributed by atoms with Crippen molar-refractivity contribution in [2.24, 2.45) is 5.92 Å². The maximum absolute atomic E-state index is 12.4. The van der Waals surface area contributed by atoms with Crippen LogP contribution in [0.4, 0.5) is 5.69 Å². The molecule has 0 saturated carbocycles. The fourth-order valence-corrected chi connectivity index (χ4v) is 2.13. The van der Waals surface area contributed by atoms with E-state index in [0.717, 1.165) is 23.4 Å². The largest absolute Gasteiger partial charge is 0.496 e. The number of amides is 1. The molecule has 0 aromatic heterocycles. The highest BCUT2D eigenvalue weighted by molar-refractivity contribution is 5.94. The Bertz CT molecular complexity index is 432. The predicted molar refractivity (Wildman–Crippen MR) is 78.8 cm³/mol. The molecule has 1 N–H and O–H groups in total. The molecule has 0 spiro atoms. The van der Waals surface area contributed by atoms with Gasteiger partial charge in [-0.3, -0.25) is 4.79 Å². The topological polar surface area (TPSA) is 41.6 Å². The lowest BCUT2D eigenvalue weighted by atomic mass is 10.0. The van der Waals surface area contributed by atoms with Crippen LogP contribution in [-0.4, -0.2) is 33.7 Å². The number of aryl methyl sites for hydroxylation is 1. The van der Waals surface area contributed by atoms with Gasteiger partial charge in [-0.25, -0.2) is 0 Å². The van der Waals surface area contributed by atoms with Crippen molar-refractivity contribution in [3.05, 3.63) is 23.8 Å². The van der Waals surface area contributed by atoms with Crippen molar-refractivity contribution in [1.82, 2.24) is 5.32 Å². The number of hydrogen-bond donors (Lipinski definition) is 1. The molecule has 1 unspecified atom stereocenters. The van der Waals surface area contributed by atoms with Crippen LogP contribution >= 0.6 is 0 Å². The van der Waals surface area contributed by atoms with E-state index < -0.39 is 0 Å². The SMILES string of the molecule is CCC(CNC)C(=O)N(C)c1ccc(OC)c(C)c1. The zero-order chi connectivity index (χ0) is 14.4. The predicted octanol–water partition coefficient (Wildman–Crippen LogP) is 2.21. The van der Waals surface area contributed by atoms with Gasteiger partial charge in [0.2, 0.25) is 5.91 Å². The first-order chi connectivity index (χ1) is 9.04. The molecule has 1 amide bonds. The molecule has 0 aliphatic carbocycles. The third-order valence-electron chi connectivity index (χ3n) is 3.39. The van der Waals surface area contributed by atoms with E-state index in [1.54, 1.807) is 12.0 Å². The van der Waals surface area contributed by atoms with E-state index in [-0.39, 0.29) is 11.8 Å². The van der Waals surface area contributed by atoms with Gasteiger partial charge >= 0.3 is 0 Å². The molecule has 1 atom stereocenters. The highest BCUT2D eigenvalue weighted by atomic mass is 16.5. The van der Waals surface area contributed by atoms with Crippen molar-refractivity contribution in [3.63, 3.8) is 0 Å². The minimum absolute atomic E-state index is 0.0115. The van der Waals surface area contributed by atoms with Gasteiger partial charge in [0.15, 0.2) is 0 Å². The smallest absolute Gasteiger partial charge is 0.231 e. The summed E-state index contributed by atoms with van der Waals surface area (Å²) in [6.45, 7) is 4.72. The first-order valence-electron chi connectivity index (χ1n) is 6.61. The first-order valence-corrected chi connectivity index (χ1v) is 6.61. The summed E-state index contributed by atoms with van der Waals surface area (Å²) in [5.41, 5.74) is 1.93. The molecule has 0 bridgehead atoms. The van der Waals surface area contributed by atoms with E-state index in [9.17, 15) is 4.79 Å². The van der Waals surface area contributed by atoms with Crippen LogP contribution in [0.5, 0.6) is 5.75 Å². The lowest BCUT2D eigenvalue weighted by Crippen LogP contribution is -2.37. The second kappa shape index (κ2) is 7.14. The molecule has 0 heterocycles. The van der Waals surface area contributed by atoms with Crippen molar-refractivity contribution >= 4 is 11.6 Å². The number of ether oxygens (including phenoxy) is 1. The molecule has 4 heteroatoms. The fraction of sp³-hybridized carbons (Fsp3) is 0.533. The number of carbonyl (C=O) groups is 1. The summed E-state index contributed by atoms with van der Waals surface area (Å²) in [5, 5.41) is 3.07. The summed E-state index contributed by atoms with van der Waals surface area (Å²) in [5.74, 6) is 0.991. The highest BCUT2D eigenvalue weighted by Crippen LogP contribution is 2.24. The summed E-state index contributed by atoms with van der Waals surface area (Å²) in [6, 6.07) is 5.78. The molecule has 0 radical (unpaired) electrons. The second-order valence-corrected chi connectivity index (χ2v) is 4.71. The van der Waals surface area contributed by atoms with Crippen molar-refractivity contribution in [1.29, 1.82) is 0 Å². The molecular weight excluding hydrogens is 240 g/mol. The van der Waals surface area contributed by atoms with E-state index in [1.807, 2.05) is 46.1 Å². The standard InChI is InChI=1S/C15H24N2O2/c1-6-12(10-16-3)15(18)17(4)13-7-8-14(19-5)11(2)9-13/h7-9,12,16H,6,10H2,1-5H3. The van der Waals surface area contributed by atoms with E-state index in [1.165, 1.54) is 0 Å². The first kappa shape index (κ1) is 15.5. The lowest BCUT2D eigenvalue weighted by molar-refractivity contribution is -0.122. The molecule has 0 saturated heterocycles. The molecule has 4 nitrogen and oxygen atoms in total. The quantitative estimate of drug-likeness (QED) is 0.856. The molecule has 1 aromatic carbocycles. The Morgan fingerprint density at radius 3 is 2.63 bits per heavy atom. The summed E-state index contributed by atoms with van der Waals surface area (Å²) in [7, 11) is 5.34. The van der Waals surface area contributed by atoms with Gasteiger partial charge in [-0.2, -0.15) is 0 Å². The number of benzene rings is 1. The molecule has 0 aliphatic heterocycles. The maximum atomic E-state index is 12.4. The maximum Gasteiger partial charge on any atom is 0.231 e. The van der Waals surface area contributed by atoms with Crippen LogP contribution in [0.2, 0.25) is 0 Å². The zero-order valence-electron chi connectivity index (χ0n) is 12.5. The second-order valence-electron chi connectivity index (χ2n) is 4.71. The number of anilines is 1. The van der Waals surface area contributed by atoms with Gasteiger partial charge in [0, 0.05) is 19.3 Å². The molecular formula is C15H24N2O2. The van der Waals surface area contributed by atoms with Crippen LogP contribution in [0.3, 0.4) is 0 Å². The Kier molecular flexibility index (Phi) is 5.83. The van der Waals surface area contributed by atoms with Gasteiger partial charge in [-0.1, -0.05) is 6.92 Å². The van der Waals surface area contributed by atoms with Gasteiger partial charge in [-0.15, -0.1) is 0 Å². The molecule has 106 valence electrons. The van der Waals surface area contributed by atoms with Gasteiger partial charge in [0.05, 0.1) is 13.0 Å². The van der Waals surface area contributed by atoms with Gasteiger partial charge < -0.3 is 15.0 Å². The zero-order valence-corrected chi connectivity index (χ0v) is 12.5. The Labute approximate surface area is 115 Å². The van der Waals surface area contributed by atoms with Crippen molar-refractivity contribution in [2.75, 3.05) is 32.6 Å². The van der Waals surface area contributed by atoms with Crippen LogP contribution in [0.1, 0.15) is 18.9 Å². The number of rotatable bonds is 6. The minimum Gasteiger partial charge on any atom is -0.496 e. The van der Waals surface area contributed by atoms with Crippen LogP contribution < -0.4 is 15.0 Å². The van der Waals surface area contributed by atoms with Gasteiger partial charge in [-0.05, 0) is 44.2 Å². The van der Waals surface area contributed by atoms with E-state index >= 15 is 0 Å². The van der Waals surface area contributed by atoms with Crippen LogP contribution in [0.25, 0.3) is 0 Å². The Morgan fingerprint density at radius 1 is 1.47 bits per heavy atom. The summed E-state index contributed by atoms with van der Waals surface area (Å²) in [6.07, 6.45) is 0.832. The van der Waals surface area contributed by atoms with Crippen molar-refractivity contribution < 1.29 is 9.53 Å². The molecule has 1 aromatic rings. The number of methoxy groups -OCH3 is 1. The molecule has 0 fully saturated rings. The Hall–Kier alpha value is -1.55. The highest BCUT2D eigenvalue weighted by Gasteiger charge is 2.21. The van der Waals surface area contributed by atoms with Gasteiger partial charge in [0.25, 0.3) is 0 Å². The molecule has 1 rings (SSSR count). The van der Waals surface area contributed by atoms with Gasteiger partial charge in [0.1, 0.15) is 5.75 Å². The number of nitrogens with zero attached hydrogens (tertiary/aromatic N) is 1. The van der Waals surface area contributed by atoms with Crippen LogP contribution in [-0.2, 0) is 4.79 Å². The number of nitrogens with one attached hydrogen (secondary N) is 1. The van der Waals surface area contributed by atoms with E-state index in [2.05, 4.69) is 5.32 Å². The average molecular weight is 264 g/mol. The fourth-order valence-electron chi connectivity index (χ4n) is 2.13. The third-order valence-corrected chi connectivity index (χ3v) is 3.39. The van der Waals surface area contributed by atoms with Crippen molar-refractivity contribution in [2.45, 2.75) is 20.3 Å². The summed E-state index contributed by atoms with van der Waals surface area (Å²) in [4.78, 5) is 14.1. The third kappa shape index (κ3) is 3.70. The average Bonchev–Trinajstić information content (AvgIpc) is 2.43. The van der Waals surface area contributed by atoms with Crippen LogP contribution in [0.15, 0.2) is 18.2 Å². The molecule has 19 heavy (non-hydrogen) atoms. The number of hydrogen-bond acceptors (Lipinski definition) is 3. The molecule has 0 aliphatic rings. The minimum atomic E-state index is 0.0115. The Morgan fingerprint density at radius 2 is 2.16 bits per heavy atom. The van der Waals surface area contributed by atoms with Crippen LogP contribution in [0, 0.1) is 12.8 Å². The Balaban J connectivity index is 2.90.